The van der Waals surface area contributed by atoms with E-state index in [1.807, 2.05) is 38.8 Å². The quantitative estimate of drug-likeness (QED) is 0.750. The number of rotatable bonds is 3. The van der Waals surface area contributed by atoms with Gasteiger partial charge in [-0.1, -0.05) is 6.92 Å². The van der Waals surface area contributed by atoms with Crippen molar-refractivity contribution in [2.45, 2.75) is 46.0 Å². The molecule has 148 valence electrons. The topological polar surface area (TPSA) is 88.3 Å². The molecule has 1 amide bonds. The van der Waals surface area contributed by atoms with Crippen molar-refractivity contribution in [2.75, 3.05) is 13.1 Å². The fourth-order valence-corrected chi connectivity index (χ4v) is 4.08. The Hall–Kier alpha value is -2.90. The van der Waals surface area contributed by atoms with E-state index in [4.69, 9.17) is 0 Å². The van der Waals surface area contributed by atoms with Gasteiger partial charge in [0.25, 0.3) is 11.5 Å². The molecule has 0 radical (unpaired) electrons. The number of amides is 1. The van der Waals surface area contributed by atoms with Gasteiger partial charge in [-0.15, -0.1) is 0 Å². The highest BCUT2D eigenvalue weighted by Crippen LogP contribution is 2.28. The summed E-state index contributed by atoms with van der Waals surface area (Å²) in [6.45, 7) is 7.15. The molecule has 28 heavy (non-hydrogen) atoms. The van der Waals surface area contributed by atoms with Crippen LogP contribution in [0.25, 0.3) is 5.65 Å². The normalized spacial score (nSPS) is 15.5. The number of likely N-dealkylation sites (tertiary alicyclic amines) is 1. The molecule has 8 heteroatoms. The highest BCUT2D eigenvalue weighted by Gasteiger charge is 2.27. The molecular weight excluding hydrogens is 356 g/mol. The minimum atomic E-state index is -0.0177. The molecule has 1 N–H and O–H groups in total. The monoisotopic (exact) mass is 382 g/mol. The van der Waals surface area contributed by atoms with Crippen LogP contribution in [0.3, 0.4) is 0 Å². The van der Waals surface area contributed by atoms with Crippen molar-refractivity contribution < 1.29 is 4.79 Å². The number of hydrogen-bond donors (Lipinski definition) is 1. The molecule has 0 atom stereocenters. The average molecular weight is 382 g/mol. The van der Waals surface area contributed by atoms with E-state index >= 15 is 0 Å². The number of carbonyl (C=O) groups is 1. The van der Waals surface area contributed by atoms with Crippen LogP contribution >= 0.6 is 0 Å². The highest BCUT2D eigenvalue weighted by atomic mass is 16.2. The van der Waals surface area contributed by atoms with E-state index in [0.29, 0.717) is 30.7 Å². The van der Waals surface area contributed by atoms with Gasteiger partial charge in [0.15, 0.2) is 5.65 Å². The van der Waals surface area contributed by atoms with E-state index < -0.39 is 0 Å². The van der Waals surface area contributed by atoms with Gasteiger partial charge in [-0.2, -0.15) is 5.10 Å². The Labute approximate surface area is 163 Å². The van der Waals surface area contributed by atoms with Gasteiger partial charge in [-0.3, -0.25) is 19.4 Å². The van der Waals surface area contributed by atoms with Gasteiger partial charge < -0.3 is 4.90 Å². The average Bonchev–Trinajstić information content (AvgIpc) is 3.26. The first-order valence-corrected chi connectivity index (χ1v) is 9.79. The lowest BCUT2D eigenvalue weighted by Crippen LogP contribution is -2.38. The van der Waals surface area contributed by atoms with Crippen molar-refractivity contribution in [1.29, 1.82) is 0 Å². The zero-order valence-electron chi connectivity index (χ0n) is 16.8. The molecular formula is C20H26N6O2. The van der Waals surface area contributed by atoms with Gasteiger partial charge in [-0.25, -0.2) is 9.50 Å². The maximum Gasteiger partial charge on any atom is 0.276 e. The molecule has 1 fully saturated rings. The number of aromatic amines is 1. The number of aryl methyl sites for hydroxylation is 2. The van der Waals surface area contributed by atoms with Crippen molar-refractivity contribution in [1.82, 2.24) is 29.3 Å². The smallest absolute Gasteiger partial charge is 0.276 e. The number of aromatic nitrogens is 5. The number of H-pyrrole nitrogens is 1. The second-order valence-electron chi connectivity index (χ2n) is 7.57. The van der Waals surface area contributed by atoms with Crippen LogP contribution in [0.2, 0.25) is 0 Å². The van der Waals surface area contributed by atoms with Gasteiger partial charge in [0.1, 0.15) is 0 Å². The molecule has 0 unspecified atom stereocenters. The Bertz CT molecular complexity index is 1100. The van der Waals surface area contributed by atoms with Crippen molar-refractivity contribution in [3.05, 3.63) is 50.8 Å². The lowest BCUT2D eigenvalue weighted by molar-refractivity contribution is 0.0711. The Morgan fingerprint density at radius 3 is 2.61 bits per heavy atom. The molecule has 3 aromatic heterocycles. The van der Waals surface area contributed by atoms with Gasteiger partial charge in [0, 0.05) is 54.8 Å². The van der Waals surface area contributed by atoms with Gasteiger partial charge >= 0.3 is 0 Å². The van der Waals surface area contributed by atoms with Crippen LogP contribution < -0.4 is 5.56 Å². The zero-order valence-corrected chi connectivity index (χ0v) is 16.8. The standard InChI is InChI=1S/C20H26N6O2/c1-5-15-12(2)22-18-10-17(23-26(18)20(15)28)14-6-8-25(9-7-14)19(27)16-11-21-24(4)13(16)3/h10-11,14,23H,5-9H2,1-4H3. The summed E-state index contributed by atoms with van der Waals surface area (Å²) in [5, 5.41) is 7.42. The Kier molecular flexibility index (Phi) is 4.56. The Morgan fingerprint density at radius 1 is 1.29 bits per heavy atom. The maximum absolute atomic E-state index is 12.8. The highest BCUT2D eigenvalue weighted by molar-refractivity contribution is 5.95. The molecule has 0 saturated carbocycles. The third-order valence-corrected chi connectivity index (χ3v) is 5.98. The lowest BCUT2D eigenvalue weighted by Gasteiger charge is -2.31. The van der Waals surface area contributed by atoms with E-state index in [0.717, 1.165) is 35.5 Å². The molecule has 0 aliphatic carbocycles. The van der Waals surface area contributed by atoms with Gasteiger partial charge in [0.05, 0.1) is 11.8 Å². The van der Waals surface area contributed by atoms with E-state index in [1.165, 1.54) is 0 Å². The van der Waals surface area contributed by atoms with Gasteiger partial charge in [-0.05, 0) is 33.1 Å². The summed E-state index contributed by atoms with van der Waals surface area (Å²) in [5.41, 5.74) is 4.76. The van der Waals surface area contributed by atoms with Crippen molar-refractivity contribution in [3.8, 4) is 0 Å². The lowest BCUT2D eigenvalue weighted by atomic mass is 9.93. The molecule has 0 aromatic carbocycles. The van der Waals surface area contributed by atoms with Crippen LogP contribution in [0.1, 0.15) is 58.7 Å². The van der Waals surface area contributed by atoms with Crippen LogP contribution in [0, 0.1) is 13.8 Å². The molecule has 3 aromatic rings. The third kappa shape index (κ3) is 2.93. The van der Waals surface area contributed by atoms with Crippen molar-refractivity contribution in [2.24, 2.45) is 7.05 Å². The summed E-state index contributed by atoms with van der Waals surface area (Å²) in [4.78, 5) is 31.9. The third-order valence-electron chi connectivity index (χ3n) is 5.98. The van der Waals surface area contributed by atoms with Crippen molar-refractivity contribution >= 4 is 11.6 Å². The summed E-state index contributed by atoms with van der Waals surface area (Å²) < 4.78 is 3.28. The number of fused-ring (bicyclic) bond motifs is 1. The summed E-state index contributed by atoms with van der Waals surface area (Å²) in [6.07, 6.45) is 4.02. The first-order chi connectivity index (χ1) is 13.4. The second-order valence-corrected chi connectivity index (χ2v) is 7.57. The number of piperidine rings is 1. The second kappa shape index (κ2) is 6.92. The van der Waals surface area contributed by atoms with Crippen molar-refractivity contribution in [3.63, 3.8) is 0 Å². The predicted octanol–water partition coefficient (Wildman–Crippen LogP) is 1.96. The van der Waals surface area contributed by atoms with E-state index in [1.54, 1.807) is 15.4 Å². The minimum Gasteiger partial charge on any atom is -0.338 e. The zero-order chi connectivity index (χ0) is 20.0. The Morgan fingerprint density at radius 2 is 2.00 bits per heavy atom. The number of nitrogens with one attached hydrogen (secondary N) is 1. The molecule has 1 aliphatic rings. The summed E-state index contributed by atoms with van der Waals surface area (Å²) in [6, 6.07) is 1.97. The molecule has 0 bridgehead atoms. The van der Waals surface area contributed by atoms with E-state index in [9.17, 15) is 9.59 Å². The first kappa shape index (κ1) is 18.5. The fraction of sp³-hybridized carbons (Fsp3) is 0.500. The van der Waals surface area contributed by atoms with Crippen LogP contribution in [-0.4, -0.2) is 48.3 Å². The number of nitrogens with zero attached hydrogens (tertiary/aromatic N) is 5. The van der Waals surface area contributed by atoms with Crippen LogP contribution in [0.5, 0.6) is 0 Å². The van der Waals surface area contributed by atoms with Gasteiger partial charge in [0.2, 0.25) is 0 Å². The first-order valence-electron chi connectivity index (χ1n) is 9.79. The summed E-state index contributed by atoms with van der Waals surface area (Å²) in [7, 11) is 1.84. The molecule has 1 saturated heterocycles. The summed E-state index contributed by atoms with van der Waals surface area (Å²) >= 11 is 0. The molecule has 4 heterocycles. The maximum atomic E-state index is 12.8. The molecule has 8 nitrogen and oxygen atoms in total. The van der Waals surface area contributed by atoms with E-state index in [2.05, 4.69) is 15.2 Å². The SMILES string of the molecule is CCc1c(C)nc2cc(C3CCN(C(=O)c4cnn(C)c4C)CC3)[nH]n2c1=O. The summed E-state index contributed by atoms with van der Waals surface area (Å²) in [5.74, 6) is 0.326. The molecule has 1 aliphatic heterocycles. The number of carbonyl (C=O) groups excluding carboxylic acids is 1. The van der Waals surface area contributed by atoms with Crippen LogP contribution in [0.15, 0.2) is 17.1 Å². The largest absolute Gasteiger partial charge is 0.338 e. The van der Waals surface area contributed by atoms with Crippen LogP contribution in [0.4, 0.5) is 0 Å². The number of hydrogen-bond acceptors (Lipinski definition) is 4. The van der Waals surface area contributed by atoms with E-state index in [-0.39, 0.29) is 17.4 Å². The molecule has 4 rings (SSSR count). The molecule has 0 spiro atoms. The fourth-order valence-electron chi connectivity index (χ4n) is 4.08. The van der Waals surface area contributed by atoms with Crippen LogP contribution in [-0.2, 0) is 13.5 Å². The minimum absolute atomic E-state index is 0.0177. The predicted molar refractivity (Wildman–Crippen MR) is 106 cm³/mol. The Balaban J connectivity index is 1.52.